The van der Waals surface area contributed by atoms with E-state index in [0.29, 0.717) is 25.0 Å². The fraction of sp³-hybridized carbons (Fsp3) is 0.650. The standard InChI is InChI=1S/C20H31N3O2/c1-15(2)12-22-8-9-25-18(13-22)11-21-20(24)14-23-16(3)10-17-6-4-5-7-19(17)23/h4-7,15-16,18H,8-14H2,1-3H3,(H,21,24)/t16-,18-/m1/s1. The van der Waals surface area contributed by atoms with Crippen LogP contribution in [0.15, 0.2) is 24.3 Å². The molecular formula is C20H31N3O2. The predicted molar refractivity (Wildman–Crippen MR) is 101 cm³/mol. The average Bonchev–Trinajstić information content (AvgIpc) is 2.88. The summed E-state index contributed by atoms with van der Waals surface area (Å²) in [4.78, 5) is 17.1. The number of morpholine rings is 1. The highest BCUT2D eigenvalue weighted by Crippen LogP contribution is 2.31. The molecule has 0 spiro atoms. The highest BCUT2D eigenvalue weighted by atomic mass is 16.5. The molecule has 1 fully saturated rings. The lowest BCUT2D eigenvalue weighted by molar-refractivity contribution is -0.121. The molecule has 2 aliphatic heterocycles. The molecular weight excluding hydrogens is 314 g/mol. The third-order valence-corrected chi connectivity index (χ3v) is 5.04. The molecule has 1 aromatic carbocycles. The maximum absolute atomic E-state index is 12.4. The molecule has 0 aromatic heterocycles. The number of rotatable bonds is 6. The highest BCUT2D eigenvalue weighted by molar-refractivity contribution is 5.82. The number of carbonyl (C=O) groups is 1. The number of amides is 1. The topological polar surface area (TPSA) is 44.8 Å². The monoisotopic (exact) mass is 345 g/mol. The molecule has 2 heterocycles. The Balaban J connectivity index is 1.47. The molecule has 2 aliphatic rings. The third-order valence-electron chi connectivity index (χ3n) is 5.04. The van der Waals surface area contributed by atoms with E-state index in [0.717, 1.165) is 32.7 Å². The number of nitrogens with zero attached hydrogens (tertiary/aromatic N) is 2. The Hall–Kier alpha value is -1.59. The van der Waals surface area contributed by atoms with Gasteiger partial charge in [-0.05, 0) is 30.9 Å². The van der Waals surface area contributed by atoms with Crippen molar-refractivity contribution < 1.29 is 9.53 Å². The summed E-state index contributed by atoms with van der Waals surface area (Å²) in [5.74, 6) is 0.734. The quantitative estimate of drug-likeness (QED) is 0.855. The van der Waals surface area contributed by atoms with Crippen molar-refractivity contribution in [3.8, 4) is 0 Å². The number of hydrogen-bond donors (Lipinski definition) is 1. The van der Waals surface area contributed by atoms with Crippen LogP contribution in [0.4, 0.5) is 5.69 Å². The van der Waals surface area contributed by atoms with E-state index < -0.39 is 0 Å². The van der Waals surface area contributed by atoms with E-state index in [1.165, 1.54) is 11.3 Å². The van der Waals surface area contributed by atoms with Crippen LogP contribution < -0.4 is 10.2 Å². The summed E-state index contributed by atoms with van der Waals surface area (Å²) in [5.41, 5.74) is 2.53. The van der Waals surface area contributed by atoms with Crippen molar-refractivity contribution in [2.24, 2.45) is 5.92 Å². The van der Waals surface area contributed by atoms with Crippen molar-refractivity contribution >= 4 is 11.6 Å². The summed E-state index contributed by atoms with van der Waals surface area (Å²) in [5, 5.41) is 3.07. The second-order valence-corrected chi connectivity index (χ2v) is 7.76. The van der Waals surface area contributed by atoms with Gasteiger partial charge in [-0.1, -0.05) is 32.0 Å². The Bertz CT molecular complexity index is 590. The summed E-state index contributed by atoms with van der Waals surface area (Å²) < 4.78 is 5.82. The van der Waals surface area contributed by atoms with Gasteiger partial charge in [0.05, 0.1) is 19.3 Å². The molecule has 0 radical (unpaired) electrons. The zero-order chi connectivity index (χ0) is 17.8. The molecule has 138 valence electrons. The van der Waals surface area contributed by atoms with E-state index in [2.05, 4.69) is 54.1 Å². The lowest BCUT2D eigenvalue weighted by atomic mass is 10.1. The van der Waals surface area contributed by atoms with Gasteiger partial charge >= 0.3 is 0 Å². The molecule has 5 heteroatoms. The van der Waals surface area contributed by atoms with E-state index in [-0.39, 0.29) is 12.0 Å². The Kier molecular flexibility index (Phi) is 5.97. The second kappa shape index (κ2) is 8.19. The molecule has 0 saturated carbocycles. The van der Waals surface area contributed by atoms with Gasteiger partial charge in [-0.15, -0.1) is 0 Å². The second-order valence-electron chi connectivity index (χ2n) is 7.76. The van der Waals surface area contributed by atoms with E-state index in [4.69, 9.17) is 4.74 Å². The Morgan fingerprint density at radius 1 is 1.36 bits per heavy atom. The fourth-order valence-corrected chi connectivity index (χ4v) is 3.89. The van der Waals surface area contributed by atoms with Gasteiger partial charge in [-0.2, -0.15) is 0 Å². The van der Waals surface area contributed by atoms with Gasteiger partial charge < -0.3 is 15.0 Å². The van der Waals surface area contributed by atoms with Gasteiger partial charge in [0.1, 0.15) is 0 Å². The van der Waals surface area contributed by atoms with Crippen LogP contribution in [-0.2, 0) is 16.0 Å². The van der Waals surface area contributed by atoms with Crippen LogP contribution in [0.5, 0.6) is 0 Å². The number of benzene rings is 1. The summed E-state index contributed by atoms with van der Waals surface area (Å²) in [6, 6.07) is 8.75. The zero-order valence-corrected chi connectivity index (χ0v) is 15.7. The average molecular weight is 345 g/mol. The molecule has 1 N–H and O–H groups in total. The minimum Gasteiger partial charge on any atom is -0.374 e. The number of nitrogens with one attached hydrogen (secondary N) is 1. The van der Waals surface area contributed by atoms with Crippen LogP contribution in [0.3, 0.4) is 0 Å². The summed E-state index contributed by atoms with van der Waals surface area (Å²) in [6.07, 6.45) is 1.11. The molecule has 1 saturated heterocycles. The van der Waals surface area contributed by atoms with Crippen LogP contribution in [-0.4, -0.2) is 62.3 Å². The Morgan fingerprint density at radius 2 is 2.16 bits per heavy atom. The first-order chi connectivity index (χ1) is 12.0. The number of ether oxygens (including phenoxy) is 1. The van der Waals surface area contributed by atoms with Gasteiger partial charge in [0, 0.05) is 37.9 Å². The number of carbonyl (C=O) groups excluding carboxylic acids is 1. The molecule has 2 atom stereocenters. The van der Waals surface area contributed by atoms with E-state index in [9.17, 15) is 4.79 Å². The maximum atomic E-state index is 12.4. The van der Waals surface area contributed by atoms with Gasteiger partial charge in [-0.25, -0.2) is 0 Å². The maximum Gasteiger partial charge on any atom is 0.239 e. The molecule has 0 unspecified atom stereocenters. The first kappa shape index (κ1) is 18.2. The van der Waals surface area contributed by atoms with E-state index >= 15 is 0 Å². The molecule has 1 amide bonds. The molecule has 0 bridgehead atoms. The fourth-order valence-electron chi connectivity index (χ4n) is 3.89. The lowest BCUT2D eigenvalue weighted by Crippen LogP contribution is -2.49. The third kappa shape index (κ3) is 4.73. The first-order valence-corrected chi connectivity index (χ1v) is 9.48. The summed E-state index contributed by atoms with van der Waals surface area (Å²) in [6.45, 7) is 11.4. The van der Waals surface area contributed by atoms with Gasteiger partial charge in [0.15, 0.2) is 0 Å². The van der Waals surface area contributed by atoms with Crippen LogP contribution in [0.1, 0.15) is 26.3 Å². The van der Waals surface area contributed by atoms with E-state index in [1.807, 2.05) is 6.07 Å². The van der Waals surface area contributed by atoms with Crippen molar-refractivity contribution in [2.45, 2.75) is 39.3 Å². The largest absolute Gasteiger partial charge is 0.374 e. The van der Waals surface area contributed by atoms with Crippen molar-refractivity contribution in [3.05, 3.63) is 29.8 Å². The van der Waals surface area contributed by atoms with Crippen LogP contribution in [0.2, 0.25) is 0 Å². The Labute approximate surface area is 151 Å². The first-order valence-electron chi connectivity index (χ1n) is 9.48. The van der Waals surface area contributed by atoms with E-state index in [1.54, 1.807) is 0 Å². The summed E-state index contributed by atoms with van der Waals surface area (Å²) >= 11 is 0. The predicted octanol–water partition coefficient (Wildman–Crippen LogP) is 1.91. The van der Waals surface area contributed by atoms with Crippen molar-refractivity contribution in [2.75, 3.05) is 44.2 Å². The van der Waals surface area contributed by atoms with Gasteiger partial charge in [0.25, 0.3) is 0 Å². The normalized spacial score (nSPS) is 23.8. The van der Waals surface area contributed by atoms with Crippen LogP contribution in [0, 0.1) is 5.92 Å². The van der Waals surface area contributed by atoms with Crippen LogP contribution in [0.25, 0.3) is 0 Å². The molecule has 1 aromatic rings. The van der Waals surface area contributed by atoms with Gasteiger partial charge in [0.2, 0.25) is 5.91 Å². The highest BCUT2D eigenvalue weighted by Gasteiger charge is 2.27. The zero-order valence-electron chi connectivity index (χ0n) is 15.7. The van der Waals surface area contributed by atoms with Crippen molar-refractivity contribution in [1.82, 2.24) is 10.2 Å². The number of anilines is 1. The SMILES string of the molecule is CC(C)CN1CCO[C@H](CNC(=O)CN2c3ccccc3C[C@H]2C)C1. The summed E-state index contributed by atoms with van der Waals surface area (Å²) in [7, 11) is 0. The van der Waals surface area contributed by atoms with Crippen molar-refractivity contribution in [1.29, 1.82) is 0 Å². The molecule has 3 rings (SSSR count). The Morgan fingerprint density at radius 3 is 2.96 bits per heavy atom. The van der Waals surface area contributed by atoms with Crippen LogP contribution >= 0.6 is 0 Å². The molecule has 25 heavy (non-hydrogen) atoms. The number of para-hydroxylation sites is 1. The minimum absolute atomic E-state index is 0.0770. The molecule has 0 aliphatic carbocycles. The number of fused-ring (bicyclic) bond motifs is 1. The van der Waals surface area contributed by atoms with Crippen molar-refractivity contribution in [3.63, 3.8) is 0 Å². The minimum atomic E-state index is 0.0770. The lowest BCUT2D eigenvalue weighted by Gasteiger charge is -2.34. The van der Waals surface area contributed by atoms with Gasteiger partial charge in [-0.3, -0.25) is 9.69 Å². The smallest absolute Gasteiger partial charge is 0.239 e. The number of hydrogen-bond acceptors (Lipinski definition) is 4. The molecule has 5 nitrogen and oxygen atoms in total.